The molecule has 0 aliphatic carbocycles. The fraction of sp³-hybridized carbons (Fsp3) is 0.440. The lowest BCUT2D eigenvalue weighted by atomic mass is 10.1. The van der Waals surface area contributed by atoms with Gasteiger partial charge in [-0.2, -0.15) is 0 Å². The molecule has 0 saturated heterocycles. The number of benzene rings is 2. The lowest BCUT2D eigenvalue weighted by Gasteiger charge is -2.10. The van der Waals surface area contributed by atoms with Crippen LogP contribution >= 0.6 is 0 Å². The van der Waals surface area contributed by atoms with E-state index in [0.717, 1.165) is 30.7 Å². The molecule has 0 spiro atoms. The van der Waals surface area contributed by atoms with Crippen LogP contribution in [0.15, 0.2) is 54.6 Å². The van der Waals surface area contributed by atoms with Crippen LogP contribution in [0.4, 0.5) is 0 Å². The zero-order valence-electron chi connectivity index (χ0n) is 17.6. The minimum Gasteiger partial charge on any atom is -0.352 e. The molecule has 1 aromatic heterocycles. The summed E-state index contributed by atoms with van der Waals surface area (Å²) in [5, 5.41) is 3.02. The summed E-state index contributed by atoms with van der Waals surface area (Å²) in [7, 11) is 0. The van der Waals surface area contributed by atoms with E-state index < -0.39 is 0 Å². The highest BCUT2D eigenvalue weighted by molar-refractivity contribution is 5.94. The van der Waals surface area contributed by atoms with E-state index in [-0.39, 0.29) is 5.91 Å². The molecule has 154 valence electrons. The highest BCUT2D eigenvalue weighted by atomic mass is 16.1. The zero-order chi connectivity index (χ0) is 20.3. The number of carbonyl (C=O) groups is 1. The number of nitrogens with one attached hydrogen (secondary N) is 1. The molecular formula is C25H33N3O. The topological polar surface area (TPSA) is 46.9 Å². The van der Waals surface area contributed by atoms with Gasteiger partial charge in [-0.25, -0.2) is 4.98 Å². The molecule has 0 unspecified atom stereocenters. The normalized spacial score (nSPS) is 11.1. The van der Waals surface area contributed by atoms with Crippen LogP contribution in [-0.2, 0) is 13.0 Å². The second-order valence-electron chi connectivity index (χ2n) is 7.66. The monoisotopic (exact) mass is 391 g/mol. The Kier molecular flexibility index (Phi) is 8.29. The maximum Gasteiger partial charge on any atom is 0.251 e. The molecule has 0 fully saturated rings. The van der Waals surface area contributed by atoms with E-state index in [9.17, 15) is 4.79 Å². The Morgan fingerprint density at radius 1 is 0.897 bits per heavy atom. The summed E-state index contributed by atoms with van der Waals surface area (Å²) in [6.45, 7) is 3.94. The van der Waals surface area contributed by atoms with E-state index in [2.05, 4.69) is 35.0 Å². The number of carbonyl (C=O) groups excluding carboxylic acids is 1. The first-order valence-corrected chi connectivity index (χ1v) is 11.1. The molecule has 1 amide bonds. The third kappa shape index (κ3) is 6.18. The van der Waals surface area contributed by atoms with E-state index in [4.69, 9.17) is 4.98 Å². The maximum atomic E-state index is 12.2. The number of unbranched alkanes of at least 4 members (excludes halogenated alkanes) is 5. The van der Waals surface area contributed by atoms with Crippen LogP contribution in [0.25, 0.3) is 11.0 Å². The number of rotatable bonds is 12. The zero-order valence-corrected chi connectivity index (χ0v) is 17.6. The van der Waals surface area contributed by atoms with Crippen LogP contribution in [0.2, 0.25) is 0 Å². The van der Waals surface area contributed by atoms with Gasteiger partial charge in [0.1, 0.15) is 5.82 Å². The van der Waals surface area contributed by atoms with Gasteiger partial charge in [0.25, 0.3) is 5.91 Å². The van der Waals surface area contributed by atoms with Crippen LogP contribution in [0.1, 0.15) is 68.1 Å². The van der Waals surface area contributed by atoms with Crippen molar-refractivity contribution in [2.45, 2.75) is 64.8 Å². The molecule has 4 nitrogen and oxygen atoms in total. The fourth-order valence-corrected chi connectivity index (χ4v) is 3.76. The molecule has 3 aromatic rings. The smallest absolute Gasteiger partial charge is 0.251 e. The van der Waals surface area contributed by atoms with E-state index in [1.807, 2.05) is 36.4 Å². The van der Waals surface area contributed by atoms with Crippen molar-refractivity contribution in [3.05, 3.63) is 66.0 Å². The molecule has 0 radical (unpaired) electrons. The summed E-state index contributed by atoms with van der Waals surface area (Å²) in [5.41, 5.74) is 3.01. The number of aryl methyl sites for hydroxylation is 2. The van der Waals surface area contributed by atoms with Crippen molar-refractivity contribution in [3.63, 3.8) is 0 Å². The maximum absolute atomic E-state index is 12.2. The SMILES string of the molecule is CCCCCCCCn1c(CCCNC(=O)c2ccccc2)nc2ccccc21. The van der Waals surface area contributed by atoms with Gasteiger partial charge >= 0.3 is 0 Å². The minimum atomic E-state index is -0.00816. The second kappa shape index (κ2) is 11.4. The molecule has 0 aliphatic rings. The Morgan fingerprint density at radius 3 is 2.45 bits per heavy atom. The minimum absolute atomic E-state index is 0.00816. The predicted molar refractivity (Wildman–Crippen MR) is 120 cm³/mol. The molecule has 0 bridgehead atoms. The predicted octanol–water partition coefficient (Wildman–Crippen LogP) is 5.76. The molecule has 3 rings (SSSR count). The van der Waals surface area contributed by atoms with E-state index >= 15 is 0 Å². The molecule has 1 N–H and O–H groups in total. The van der Waals surface area contributed by atoms with E-state index in [1.54, 1.807) is 0 Å². The van der Waals surface area contributed by atoms with Crippen molar-refractivity contribution >= 4 is 16.9 Å². The Morgan fingerprint density at radius 2 is 1.62 bits per heavy atom. The molecule has 1 heterocycles. The lowest BCUT2D eigenvalue weighted by Crippen LogP contribution is -2.24. The summed E-state index contributed by atoms with van der Waals surface area (Å²) in [4.78, 5) is 17.0. The number of hydrogen-bond donors (Lipinski definition) is 1. The van der Waals surface area contributed by atoms with Crippen LogP contribution in [0.3, 0.4) is 0 Å². The number of aromatic nitrogens is 2. The average Bonchev–Trinajstić information content (AvgIpc) is 3.11. The first kappa shape index (κ1) is 21.1. The first-order valence-electron chi connectivity index (χ1n) is 11.1. The standard InChI is InChI=1S/C25H33N3O/c1-2-3-4-5-6-12-20-28-23-17-11-10-16-22(23)27-24(28)18-13-19-26-25(29)21-14-8-7-9-15-21/h7-11,14-17H,2-6,12-13,18-20H2,1H3,(H,26,29). The number of hydrogen-bond acceptors (Lipinski definition) is 2. The average molecular weight is 392 g/mol. The lowest BCUT2D eigenvalue weighted by molar-refractivity contribution is 0.0953. The highest BCUT2D eigenvalue weighted by Crippen LogP contribution is 2.18. The quantitative estimate of drug-likeness (QED) is 0.399. The number of imidazole rings is 1. The van der Waals surface area contributed by atoms with Gasteiger partial charge in [0.05, 0.1) is 11.0 Å². The van der Waals surface area contributed by atoms with Crippen molar-refractivity contribution in [3.8, 4) is 0 Å². The number of fused-ring (bicyclic) bond motifs is 1. The Balaban J connectivity index is 1.53. The summed E-state index contributed by atoms with van der Waals surface area (Å²) >= 11 is 0. The molecule has 4 heteroatoms. The van der Waals surface area contributed by atoms with Crippen molar-refractivity contribution in [1.29, 1.82) is 0 Å². The Labute approximate surface area is 174 Å². The Bertz CT molecular complexity index is 885. The third-order valence-electron chi connectivity index (χ3n) is 5.37. The van der Waals surface area contributed by atoms with Crippen molar-refractivity contribution in [1.82, 2.24) is 14.9 Å². The van der Waals surface area contributed by atoms with Gasteiger partial charge < -0.3 is 9.88 Å². The summed E-state index contributed by atoms with van der Waals surface area (Å²) in [6, 6.07) is 17.8. The summed E-state index contributed by atoms with van der Waals surface area (Å²) < 4.78 is 2.38. The summed E-state index contributed by atoms with van der Waals surface area (Å²) in [6.07, 6.45) is 9.53. The van der Waals surface area contributed by atoms with Crippen LogP contribution in [0, 0.1) is 0 Å². The van der Waals surface area contributed by atoms with Gasteiger partial charge in [-0.3, -0.25) is 4.79 Å². The van der Waals surface area contributed by atoms with Gasteiger partial charge in [-0.1, -0.05) is 69.4 Å². The Hall–Kier alpha value is -2.62. The van der Waals surface area contributed by atoms with Crippen molar-refractivity contribution in [2.75, 3.05) is 6.54 Å². The largest absolute Gasteiger partial charge is 0.352 e. The van der Waals surface area contributed by atoms with Gasteiger partial charge in [-0.15, -0.1) is 0 Å². The van der Waals surface area contributed by atoms with Crippen molar-refractivity contribution < 1.29 is 4.79 Å². The molecule has 0 saturated carbocycles. The second-order valence-corrected chi connectivity index (χ2v) is 7.66. The molecule has 0 atom stereocenters. The van der Waals surface area contributed by atoms with Crippen LogP contribution in [0.5, 0.6) is 0 Å². The molecule has 29 heavy (non-hydrogen) atoms. The van der Waals surface area contributed by atoms with Crippen LogP contribution in [-0.4, -0.2) is 22.0 Å². The summed E-state index contributed by atoms with van der Waals surface area (Å²) in [5.74, 6) is 1.12. The highest BCUT2D eigenvalue weighted by Gasteiger charge is 2.10. The van der Waals surface area contributed by atoms with Gasteiger partial charge in [0.2, 0.25) is 0 Å². The van der Waals surface area contributed by atoms with Gasteiger partial charge in [0, 0.05) is 25.1 Å². The van der Waals surface area contributed by atoms with E-state index in [1.165, 1.54) is 44.0 Å². The molecule has 0 aliphatic heterocycles. The van der Waals surface area contributed by atoms with Crippen molar-refractivity contribution in [2.24, 2.45) is 0 Å². The van der Waals surface area contributed by atoms with Gasteiger partial charge in [-0.05, 0) is 37.1 Å². The first-order chi connectivity index (χ1) is 14.3. The number of para-hydroxylation sites is 2. The van der Waals surface area contributed by atoms with Crippen LogP contribution < -0.4 is 5.32 Å². The number of nitrogens with zero attached hydrogens (tertiary/aromatic N) is 2. The number of amides is 1. The molecular weight excluding hydrogens is 358 g/mol. The third-order valence-corrected chi connectivity index (χ3v) is 5.37. The van der Waals surface area contributed by atoms with E-state index in [0.29, 0.717) is 12.1 Å². The fourth-order valence-electron chi connectivity index (χ4n) is 3.76. The van der Waals surface area contributed by atoms with Gasteiger partial charge in [0.15, 0.2) is 0 Å². The molecule has 2 aromatic carbocycles.